The molecule has 0 atom stereocenters. The fraction of sp³-hybridized carbons (Fsp3) is 0.278. The largest absolute Gasteiger partial charge is 0.490 e. The van der Waals surface area contributed by atoms with Crippen molar-refractivity contribution in [1.29, 1.82) is 0 Å². The number of aliphatic hydroxyl groups excluding tert-OH is 1. The van der Waals surface area contributed by atoms with Gasteiger partial charge in [-0.3, -0.25) is 9.78 Å². The Morgan fingerprint density at radius 3 is 2.46 bits per heavy atom. The van der Waals surface area contributed by atoms with Gasteiger partial charge in [0.05, 0.1) is 18.9 Å². The van der Waals surface area contributed by atoms with Gasteiger partial charge < -0.3 is 25.4 Å². The van der Waals surface area contributed by atoms with Crippen LogP contribution in [-0.2, 0) is 0 Å². The number of amides is 1. The van der Waals surface area contributed by atoms with Crippen LogP contribution in [0.3, 0.4) is 0 Å². The zero-order valence-electron chi connectivity index (χ0n) is 14.5. The first-order chi connectivity index (χ1) is 12.5. The molecule has 0 radical (unpaired) electrons. The van der Waals surface area contributed by atoms with Crippen molar-refractivity contribution in [3.8, 4) is 11.5 Å². The maximum absolute atomic E-state index is 12.4. The van der Waals surface area contributed by atoms with Crippen molar-refractivity contribution in [2.45, 2.75) is 20.1 Å². The summed E-state index contributed by atoms with van der Waals surface area (Å²) in [6.45, 7) is 4.58. The molecule has 2 aromatic rings. The van der Waals surface area contributed by atoms with Crippen molar-refractivity contribution >= 4 is 11.7 Å². The van der Waals surface area contributed by atoms with E-state index < -0.39 is 12.2 Å². The zero-order chi connectivity index (χ0) is 19.1. The zero-order valence-corrected chi connectivity index (χ0v) is 14.5. The average Bonchev–Trinajstić information content (AvgIpc) is 2.63. The van der Waals surface area contributed by atoms with Gasteiger partial charge in [-0.15, -0.1) is 0 Å². The van der Waals surface area contributed by atoms with Crippen molar-refractivity contribution in [3.05, 3.63) is 53.3 Å². The number of carbonyl (C=O) groups excluding carboxylic acids is 1. The summed E-state index contributed by atoms with van der Waals surface area (Å²) >= 11 is 0. The van der Waals surface area contributed by atoms with Gasteiger partial charge in [0.15, 0.2) is 17.8 Å². The lowest BCUT2D eigenvalue weighted by Gasteiger charge is -2.11. The smallest absolute Gasteiger partial charge is 0.279 e. The molecule has 138 valence electrons. The van der Waals surface area contributed by atoms with E-state index in [4.69, 9.17) is 25.4 Å². The fourth-order valence-corrected chi connectivity index (χ4v) is 2.17. The Morgan fingerprint density at radius 2 is 1.81 bits per heavy atom. The molecule has 0 unspecified atom stereocenters. The molecule has 0 aliphatic heterocycles. The molecule has 0 saturated carbocycles. The number of nitrogens with zero attached hydrogens (tertiary/aromatic N) is 2. The van der Waals surface area contributed by atoms with Gasteiger partial charge in [-0.2, -0.15) is 4.99 Å². The lowest BCUT2D eigenvalue weighted by molar-refractivity contribution is -0.0458. The number of ether oxygens (including phenoxy) is 2. The van der Waals surface area contributed by atoms with Crippen molar-refractivity contribution in [2.75, 3.05) is 13.2 Å². The van der Waals surface area contributed by atoms with Crippen molar-refractivity contribution in [1.82, 2.24) is 4.98 Å². The Kier molecular flexibility index (Phi) is 6.65. The average molecular weight is 359 g/mol. The van der Waals surface area contributed by atoms with Crippen molar-refractivity contribution < 1.29 is 24.5 Å². The van der Waals surface area contributed by atoms with E-state index in [0.29, 0.717) is 30.3 Å². The normalized spacial score (nSPS) is 11.5. The summed E-state index contributed by atoms with van der Waals surface area (Å²) in [6.07, 6.45) is -0.389. The number of hydrogen-bond acceptors (Lipinski definition) is 6. The molecular formula is C18H21N3O5. The van der Waals surface area contributed by atoms with Gasteiger partial charge in [-0.1, -0.05) is 0 Å². The number of rotatable bonds is 7. The number of nitrogens with two attached hydrogens (primary N) is 1. The molecule has 4 N–H and O–H groups in total. The number of hydrogen-bond donors (Lipinski definition) is 3. The van der Waals surface area contributed by atoms with Crippen LogP contribution in [0.4, 0.5) is 0 Å². The van der Waals surface area contributed by atoms with Crippen LogP contribution in [0.15, 0.2) is 41.5 Å². The van der Waals surface area contributed by atoms with Gasteiger partial charge in [-0.05, 0) is 44.2 Å². The quantitative estimate of drug-likeness (QED) is 0.387. The maximum atomic E-state index is 12.4. The SMILES string of the molecule is CCOc1ccc(C(=O)N=C(N)c2ccnc(C(O)O)c2)cc1OCC. The first kappa shape index (κ1) is 19.4. The number of carbonyl (C=O) groups is 1. The minimum Gasteiger partial charge on any atom is -0.490 e. The van der Waals surface area contributed by atoms with Gasteiger partial charge in [0.2, 0.25) is 0 Å². The summed E-state index contributed by atoms with van der Waals surface area (Å²) in [4.78, 5) is 20.0. The minimum atomic E-state index is -1.74. The van der Waals surface area contributed by atoms with Gasteiger partial charge in [0.1, 0.15) is 5.84 Å². The van der Waals surface area contributed by atoms with E-state index in [1.807, 2.05) is 13.8 Å². The van der Waals surface area contributed by atoms with Crippen molar-refractivity contribution in [3.63, 3.8) is 0 Å². The topological polar surface area (TPSA) is 127 Å². The summed E-state index contributed by atoms with van der Waals surface area (Å²) in [5, 5.41) is 18.3. The number of aromatic nitrogens is 1. The molecule has 1 amide bonds. The van der Waals surface area contributed by atoms with Crippen LogP contribution in [0.5, 0.6) is 11.5 Å². The second-order valence-electron chi connectivity index (χ2n) is 5.17. The molecule has 8 heteroatoms. The van der Waals surface area contributed by atoms with E-state index >= 15 is 0 Å². The molecule has 0 saturated heterocycles. The number of benzene rings is 1. The highest BCUT2D eigenvalue weighted by atomic mass is 16.5. The second kappa shape index (κ2) is 8.93. The molecule has 0 aliphatic carbocycles. The van der Waals surface area contributed by atoms with E-state index in [2.05, 4.69) is 9.98 Å². The van der Waals surface area contributed by atoms with Crippen LogP contribution < -0.4 is 15.2 Å². The number of aliphatic imine (C=N–C) groups is 1. The molecule has 0 bridgehead atoms. The summed E-state index contributed by atoms with van der Waals surface area (Å²) in [5.41, 5.74) is 6.51. The van der Waals surface area contributed by atoms with Crippen LogP contribution in [0.25, 0.3) is 0 Å². The highest BCUT2D eigenvalue weighted by molar-refractivity contribution is 6.08. The summed E-state index contributed by atoms with van der Waals surface area (Å²) in [7, 11) is 0. The Morgan fingerprint density at radius 1 is 1.12 bits per heavy atom. The standard InChI is InChI=1S/C18H21N3O5/c1-3-25-14-6-5-12(10-15(14)26-4-2)17(22)21-16(19)11-7-8-20-13(9-11)18(23)24/h5-10,18,23-24H,3-4H2,1-2H3,(H2,19,21,22). The van der Waals surface area contributed by atoms with Gasteiger partial charge in [-0.25, -0.2) is 0 Å². The third-order valence-electron chi connectivity index (χ3n) is 3.35. The van der Waals surface area contributed by atoms with Gasteiger partial charge in [0.25, 0.3) is 5.91 Å². The minimum absolute atomic E-state index is 0.00722. The summed E-state index contributed by atoms with van der Waals surface area (Å²) in [6, 6.07) is 7.62. The van der Waals surface area contributed by atoms with E-state index in [0.717, 1.165) is 0 Å². The second-order valence-corrected chi connectivity index (χ2v) is 5.17. The van der Waals surface area contributed by atoms with E-state index in [1.54, 1.807) is 18.2 Å². The van der Waals surface area contributed by atoms with Crippen LogP contribution in [0, 0.1) is 0 Å². The molecule has 1 aromatic heterocycles. The molecule has 8 nitrogen and oxygen atoms in total. The first-order valence-electron chi connectivity index (χ1n) is 8.06. The van der Waals surface area contributed by atoms with Crippen LogP contribution in [-0.4, -0.2) is 40.2 Å². The predicted octanol–water partition coefficient (Wildman–Crippen LogP) is 1.41. The number of aliphatic hydroxyl groups is 2. The van der Waals surface area contributed by atoms with Crippen LogP contribution in [0.1, 0.15) is 41.8 Å². The first-order valence-corrected chi connectivity index (χ1v) is 8.06. The molecule has 0 spiro atoms. The molecule has 2 rings (SSSR count). The third-order valence-corrected chi connectivity index (χ3v) is 3.35. The maximum Gasteiger partial charge on any atom is 0.279 e. The Labute approximate surface area is 150 Å². The van der Waals surface area contributed by atoms with E-state index in [9.17, 15) is 4.79 Å². The molecule has 0 fully saturated rings. The highest BCUT2D eigenvalue weighted by Crippen LogP contribution is 2.28. The lowest BCUT2D eigenvalue weighted by Crippen LogP contribution is -2.17. The van der Waals surface area contributed by atoms with Gasteiger partial charge >= 0.3 is 0 Å². The summed E-state index contributed by atoms with van der Waals surface area (Å²) in [5.74, 6) is 0.364. The van der Waals surface area contributed by atoms with E-state index in [1.165, 1.54) is 18.3 Å². The van der Waals surface area contributed by atoms with Gasteiger partial charge in [0, 0.05) is 17.3 Å². The predicted molar refractivity (Wildman–Crippen MR) is 95.3 cm³/mol. The van der Waals surface area contributed by atoms with E-state index in [-0.39, 0.29) is 17.1 Å². The fourth-order valence-electron chi connectivity index (χ4n) is 2.17. The van der Waals surface area contributed by atoms with Crippen LogP contribution >= 0.6 is 0 Å². The monoisotopic (exact) mass is 359 g/mol. The molecule has 1 heterocycles. The molecule has 1 aromatic carbocycles. The summed E-state index contributed by atoms with van der Waals surface area (Å²) < 4.78 is 11.0. The lowest BCUT2D eigenvalue weighted by atomic mass is 10.1. The highest BCUT2D eigenvalue weighted by Gasteiger charge is 2.13. The molecule has 26 heavy (non-hydrogen) atoms. The molecular weight excluding hydrogens is 338 g/mol. The number of pyridine rings is 1. The molecule has 0 aliphatic rings. The van der Waals surface area contributed by atoms with Crippen molar-refractivity contribution in [2.24, 2.45) is 10.7 Å². The third kappa shape index (κ3) is 4.78. The Bertz CT molecular complexity index is 805. The van der Waals surface area contributed by atoms with Crippen LogP contribution in [0.2, 0.25) is 0 Å². The number of amidine groups is 1. The Balaban J connectivity index is 2.29. The Hall–Kier alpha value is -2.97.